The summed E-state index contributed by atoms with van der Waals surface area (Å²) in [5.74, 6) is -1.74. The molecule has 3 aliphatic heterocycles. The number of hydrogen-bond donors (Lipinski definition) is 2. The second kappa shape index (κ2) is 7.16. The summed E-state index contributed by atoms with van der Waals surface area (Å²) >= 11 is 5.46. The maximum atomic E-state index is 13.1. The number of benzene rings is 1. The van der Waals surface area contributed by atoms with Crippen molar-refractivity contribution in [1.82, 2.24) is 5.32 Å². The SMILES string of the molecule is CC1(C)O[C@H]2O[C@H]([C@H]3COC(C)(C)O3)[C@H](NC(=S)Nc3ccc(F)cc3)[C@H]2O1. The van der Waals surface area contributed by atoms with E-state index in [-0.39, 0.29) is 30.2 Å². The third-order valence-corrected chi connectivity index (χ3v) is 5.10. The van der Waals surface area contributed by atoms with Crippen LogP contribution in [0.5, 0.6) is 0 Å². The molecule has 154 valence electrons. The number of halogens is 1. The van der Waals surface area contributed by atoms with Gasteiger partial charge in [0.25, 0.3) is 0 Å². The smallest absolute Gasteiger partial charge is 0.189 e. The first-order valence-corrected chi connectivity index (χ1v) is 9.69. The van der Waals surface area contributed by atoms with Gasteiger partial charge >= 0.3 is 0 Å². The molecule has 0 saturated carbocycles. The van der Waals surface area contributed by atoms with Gasteiger partial charge in [-0.15, -0.1) is 0 Å². The van der Waals surface area contributed by atoms with Crippen LogP contribution in [0.15, 0.2) is 24.3 Å². The quantitative estimate of drug-likeness (QED) is 0.734. The molecule has 3 aliphatic rings. The Balaban J connectivity index is 1.48. The number of ether oxygens (including phenoxy) is 5. The van der Waals surface area contributed by atoms with Crippen LogP contribution >= 0.6 is 12.2 Å². The zero-order valence-electron chi connectivity index (χ0n) is 16.2. The maximum Gasteiger partial charge on any atom is 0.189 e. The average molecular weight is 412 g/mol. The lowest BCUT2D eigenvalue weighted by atomic mass is 10.0. The maximum absolute atomic E-state index is 13.1. The summed E-state index contributed by atoms with van der Waals surface area (Å²) in [6.45, 7) is 7.81. The van der Waals surface area contributed by atoms with Gasteiger partial charge in [0.1, 0.15) is 24.1 Å². The van der Waals surface area contributed by atoms with Gasteiger partial charge in [-0.1, -0.05) is 0 Å². The summed E-state index contributed by atoms with van der Waals surface area (Å²) in [6, 6.07) is 5.65. The molecule has 3 saturated heterocycles. The third kappa shape index (κ3) is 4.14. The molecule has 0 aliphatic carbocycles. The van der Waals surface area contributed by atoms with Crippen molar-refractivity contribution in [3.8, 4) is 0 Å². The van der Waals surface area contributed by atoms with Crippen LogP contribution < -0.4 is 10.6 Å². The molecule has 28 heavy (non-hydrogen) atoms. The highest BCUT2D eigenvalue weighted by Crippen LogP contribution is 2.40. The molecule has 0 amide bonds. The lowest BCUT2D eigenvalue weighted by Crippen LogP contribution is -2.53. The van der Waals surface area contributed by atoms with E-state index >= 15 is 0 Å². The zero-order chi connectivity index (χ0) is 20.1. The molecule has 0 unspecified atom stereocenters. The highest BCUT2D eigenvalue weighted by Gasteiger charge is 2.58. The number of fused-ring (bicyclic) bond motifs is 1. The third-order valence-electron chi connectivity index (χ3n) is 4.88. The Bertz CT molecular complexity index is 744. The van der Waals surface area contributed by atoms with E-state index in [1.165, 1.54) is 12.1 Å². The van der Waals surface area contributed by atoms with E-state index in [2.05, 4.69) is 10.6 Å². The molecule has 3 heterocycles. The predicted octanol–water partition coefficient (Wildman–Crippen LogP) is 2.51. The van der Waals surface area contributed by atoms with Crippen molar-refractivity contribution in [3.63, 3.8) is 0 Å². The van der Waals surface area contributed by atoms with Crippen LogP contribution in [0, 0.1) is 5.82 Å². The highest BCUT2D eigenvalue weighted by atomic mass is 32.1. The monoisotopic (exact) mass is 412 g/mol. The molecule has 7 nitrogen and oxygen atoms in total. The molecule has 2 N–H and O–H groups in total. The average Bonchev–Trinajstić information content (AvgIpc) is 3.20. The lowest BCUT2D eigenvalue weighted by Gasteiger charge is -2.30. The zero-order valence-corrected chi connectivity index (χ0v) is 17.0. The van der Waals surface area contributed by atoms with E-state index in [0.717, 1.165) is 0 Å². The van der Waals surface area contributed by atoms with Gasteiger partial charge in [-0.25, -0.2) is 4.39 Å². The first-order valence-electron chi connectivity index (χ1n) is 9.28. The molecule has 0 radical (unpaired) electrons. The minimum Gasteiger partial charge on any atom is -0.354 e. The van der Waals surface area contributed by atoms with E-state index in [9.17, 15) is 4.39 Å². The van der Waals surface area contributed by atoms with Crippen molar-refractivity contribution in [2.24, 2.45) is 0 Å². The molecule has 0 spiro atoms. The number of hydrogen-bond acceptors (Lipinski definition) is 6. The topological polar surface area (TPSA) is 70.2 Å². The van der Waals surface area contributed by atoms with Gasteiger partial charge < -0.3 is 34.3 Å². The van der Waals surface area contributed by atoms with Crippen LogP contribution in [0.2, 0.25) is 0 Å². The molecule has 4 rings (SSSR count). The molecular weight excluding hydrogens is 387 g/mol. The van der Waals surface area contributed by atoms with Crippen LogP contribution in [-0.2, 0) is 23.7 Å². The Labute approximate surface area is 168 Å². The summed E-state index contributed by atoms with van der Waals surface area (Å²) in [5.41, 5.74) is 0.677. The van der Waals surface area contributed by atoms with Gasteiger partial charge in [-0.2, -0.15) is 0 Å². The minimum absolute atomic E-state index is 0.290. The summed E-state index contributed by atoms with van der Waals surface area (Å²) in [5, 5.41) is 6.69. The highest BCUT2D eigenvalue weighted by molar-refractivity contribution is 7.80. The Kier molecular flexibility index (Phi) is 5.09. The Morgan fingerprint density at radius 3 is 2.39 bits per heavy atom. The molecular formula is C19H25FN2O5S. The van der Waals surface area contributed by atoms with Crippen molar-refractivity contribution in [1.29, 1.82) is 0 Å². The Morgan fingerprint density at radius 1 is 1.04 bits per heavy atom. The van der Waals surface area contributed by atoms with E-state index < -0.39 is 17.9 Å². The second-order valence-electron chi connectivity index (χ2n) is 8.07. The molecule has 0 bridgehead atoms. The lowest BCUT2D eigenvalue weighted by molar-refractivity contribution is -0.223. The first kappa shape index (κ1) is 19.9. The Hall–Kier alpha value is -1.36. The van der Waals surface area contributed by atoms with Gasteiger partial charge in [0.05, 0.1) is 12.6 Å². The fourth-order valence-corrected chi connectivity index (χ4v) is 4.00. The van der Waals surface area contributed by atoms with E-state index in [4.69, 9.17) is 35.9 Å². The van der Waals surface area contributed by atoms with Crippen molar-refractivity contribution >= 4 is 23.0 Å². The largest absolute Gasteiger partial charge is 0.354 e. The van der Waals surface area contributed by atoms with Crippen molar-refractivity contribution in [2.75, 3.05) is 11.9 Å². The van der Waals surface area contributed by atoms with Gasteiger partial charge in [-0.3, -0.25) is 0 Å². The van der Waals surface area contributed by atoms with Crippen molar-refractivity contribution < 1.29 is 28.1 Å². The van der Waals surface area contributed by atoms with Crippen LogP contribution in [0.1, 0.15) is 27.7 Å². The molecule has 1 aromatic carbocycles. The number of anilines is 1. The summed E-state index contributed by atoms with van der Waals surface area (Å²) in [6.07, 6.45) is -1.55. The van der Waals surface area contributed by atoms with E-state index in [1.807, 2.05) is 27.7 Å². The van der Waals surface area contributed by atoms with Crippen molar-refractivity contribution in [3.05, 3.63) is 30.1 Å². The molecule has 3 fully saturated rings. The van der Waals surface area contributed by atoms with E-state index in [0.29, 0.717) is 17.4 Å². The van der Waals surface area contributed by atoms with Crippen LogP contribution in [-0.4, -0.2) is 53.9 Å². The van der Waals surface area contributed by atoms with Gasteiger partial charge in [-0.05, 0) is 64.2 Å². The minimum atomic E-state index is -0.751. The predicted molar refractivity (Wildman–Crippen MR) is 103 cm³/mol. The summed E-state index contributed by atoms with van der Waals surface area (Å²) < 4.78 is 42.8. The molecule has 5 atom stereocenters. The fraction of sp³-hybridized carbons (Fsp3) is 0.632. The number of nitrogens with one attached hydrogen (secondary N) is 2. The second-order valence-corrected chi connectivity index (χ2v) is 8.48. The molecule has 0 aromatic heterocycles. The van der Waals surface area contributed by atoms with Gasteiger partial charge in [0, 0.05) is 5.69 Å². The van der Waals surface area contributed by atoms with Crippen LogP contribution in [0.25, 0.3) is 0 Å². The molecule has 1 aromatic rings. The Morgan fingerprint density at radius 2 is 1.75 bits per heavy atom. The number of thiocarbonyl (C=S) groups is 1. The summed E-state index contributed by atoms with van der Waals surface area (Å²) in [4.78, 5) is 0. The van der Waals surface area contributed by atoms with Crippen LogP contribution in [0.3, 0.4) is 0 Å². The van der Waals surface area contributed by atoms with Gasteiger partial charge in [0.15, 0.2) is 23.0 Å². The molecule has 9 heteroatoms. The standard InChI is InChI=1S/C19H25FN2O5S/c1-18(2)23-9-12(25-18)14-13(15-16(24-14)27-19(3,4)26-15)22-17(28)21-11-7-5-10(20)6-8-11/h5-8,12-16H,9H2,1-4H3,(H2,21,22,28)/t12-,13+,14-,15-,16-/m1/s1. The fourth-order valence-electron chi connectivity index (χ4n) is 3.74. The number of rotatable bonds is 3. The summed E-state index contributed by atoms with van der Waals surface area (Å²) in [7, 11) is 0. The van der Waals surface area contributed by atoms with Crippen LogP contribution in [0.4, 0.5) is 10.1 Å². The van der Waals surface area contributed by atoms with Crippen molar-refractivity contribution in [2.45, 2.75) is 69.9 Å². The van der Waals surface area contributed by atoms with Gasteiger partial charge in [0.2, 0.25) is 0 Å². The first-order chi connectivity index (χ1) is 13.1. The van der Waals surface area contributed by atoms with E-state index in [1.54, 1.807) is 12.1 Å². The normalized spacial score (nSPS) is 35.5.